The summed E-state index contributed by atoms with van der Waals surface area (Å²) in [7, 11) is 3.18. The van der Waals surface area contributed by atoms with Crippen molar-refractivity contribution in [3.63, 3.8) is 0 Å². The van der Waals surface area contributed by atoms with Gasteiger partial charge in [-0.2, -0.15) is 0 Å². The number of rotatable bonds is 12. The maximum atomic E-state index is 11.5. The Morgan fingerprint density at radius 1 is 0.800 bits per heavy atom. The summed E-state index contributed by atoms with van der Waals surface area (Å²) >= 11 is 14.2. The zero-order chi connectivity index (χ0) is 34.6. The molecule has 0 radical (unpaired) electrons. The van der Waals surface area contributed by atoms with Crippen LogP contribution in [0.2, 0.25) is 10.0 Å². The number of methoxy groups -OCH3 is 2. The molecule has 2 saturated heterocycles. The van der Waals surface area contributed by atoms with Crippen molar-refractivity contribution in [3.8, 4) is 45.4 Å². The van der Waals surface area contributed by atoms with Crippen LogP contribution in [0.15, 0.2) is 79.1 Å². The average molecular weight is 711 g/mol. The molecule has 256 valence electrons. The second-order valence-corrected chi connectivity index (χ2v) is 13.2. The molecule has 4 heterocycles. The summed E-state index contributed by atoms with van der Waals surface area (Å²) in [4.78, 5) is 32.8. The van der Waals surface area contributed by atoms with Gasteiger partial charge >= 0.3 is 0 Å². The molecule has 12 heteroatoms. The van der Waals surface area contributed by atoms with Crippen LogP contribution in [-0.4, -0.2) is 70.6 Å². The maximum absolute atomic E-state index is 11.5. The van der Waals surface area contributed by atoms with Crippen molar-refractivity contribution >= 4 is 29.1 Å². The highest BCUT2D eigenvalue weighted by molar-refractivity contribution is 6.39. The third-order valence-electron chi connectivity index (χ3n) is 9.22. The first-order valence-electron chi connectivity index (χ1n) is 16.6. The lowest BCUT2D eigenvalue weighted by Gasteiger charge is -2.39. The minimum atomic E-state index is 0.0870. The molecule has 0 bridgehead atoms. The normalized spacial score (nSPS) is 16.2. The summed E-state index contributed by atoms with van der Waals surface area (Å²) in [5.41, 5.74) is 6.86. The first kappa shape index (κ1) is 33.9. The Bertz CT molecular complexity index is 2010. The van der Waals surface area contributed by atoms with Crippen LogP contribution in [0.25, 0.3) is 33.6 Å². The number of benzene rings is 3. The van der Waals surface area contributed by atoms with Gasteiger partial charge in [-0.1, -0.05) is 89.9 Å². The van der Waals surface area contributed by atoms with E-state index < -0.39 is 0 Å². The second-order valence-electron chi connectivity index (χ2n) is 12.5. The van der Waals surface area contributed by atoms with Crippen molar-refractivity contribution in [3.05, 3.63) is 106 Å². The maximum Gasteiger partial charge on any atom is 0.237 e. The molecule has 5 aromatic rings. The summed E-state index contributed by atoms with van der Waals surface area (Å²) in [6.45, 7) is 3.67. The monoisotopic (exact) mass is 709 g/mol. The van der Waals surface area contributed by atoms with E-state index in [1.165, 1.54) is 5.56 Å². The molecule has 0 aliphatic carbocycles. The van der Waals surface area contributed by atoms with Gasteiger partial charge in [-0.15, -0.1) is 0 Å². The van der Waals surface area contributed by atoms with Crippen molar-refractivity contribution in [2.45, 2.75) is 37.9 Å². The largest absolute Gasteiger partial charge is 0.480 e. The zero-order valence-electron chi connectivity index (χ0n) is 27.8. The number of carbonyl (C=O) groups excluding carboxylic acids is 1. The summed E-state index contributed by atoms with van der Waals surface area (Å²) < 4.78 is 11.3. The first-order chi connectivity index (χ1) is 24.4. The molecule has 2 aromatic heterocycles. The molecule has 10 nitrogen and oxygen atoms in total. The highest BCUT2D eigenvalue weighted by Crippen LogP contribution is 2.42. The molecule has 2 fully saturated rings. The van der Waals surface area contributed by atoms with Crippen molar-refractivity contribution in [2.24, 2.45) is 0 Å². The van der Waals surface area contributed by atoms with Crippen LogP contribution in [0.5, 0.6) is 11.8 Å². The summed E-state index contributed by atoms with van der Waals surface area (Å²) in [6, 6.07) is 22.2. The zero-order valence-corrected chi connectivity index (χ0v) is 29.3. The molecular formula is C38H37Cl2N7O3. The Labute approximate surface area is 301 Å². The highest BCUT2D eigenvalue weighted by Gasteiger charge is 2.29. The van der Waals surface area contributed by atoms with Gasteiger partial charge in [0.2, 0.25) is 17.7 Å². The van der Waals surface area contributed by atoms with Crippen molar-refractivity contribution in [2.75, 3.05) is 33.9 Å². The predicted octanol–water partition coefficient (Wildman–Crippen LogP) is 6.56. The molecule has 2 aliphatic heterocycles. The molecule has 0 spiro atoms. The molecule has 2 aliphatic rings. The number of ether oxygens (including phenoxy) is 2. The van der Waals surface area contributed by atoms with Gasteiger partial charge in [0.05, 0.1) is 48.0 Å². The fourth-order valence-electron chi connectivity index (χ4n) is 6.53. The van der Waals surface area contributed by atoms with Gasteiger partial charge < -0.3 is 20.1 Å². The first-order valence-corrected chi connectivity index (χ1v) is 17.3. The molecule has 0 saturated carbocycles. The van der Waals surface area contributed by atoms with E-state index in [0.717, 1.165) is 36.3 Å². The Morgan fingerprint density at radius 2 is 1.38 bits per heavy atom. The third kappa shape index (κ3) is 7.15. The minimum absolute atomic E-state index is 0.0870. The van der Waals surface area contributed by atoms with Crippen LogP contribution in [0, 0.1) is 0 Å². The second kappa shape index (κ2) is 15.1. The summed E-state index contributed by atoms with van der Waals surface area (Å²) in [6.07, 6.45) is 4.81. The Kier molecular flexibility index (Phi) is 10.2. The number of likely N-dealkylation sites (tertiary alicyclic amines) is 1. The van der Waals surface area contributed by atoms with Crippen molar-refractivity contribution in [1.82, 2.24) is 35.5 Å². The molecule has 1 unspecified atom stereocenters. The standard InChI is InChI=1S/C38H37Cl2N7O3/c1-49-37-32(17-41-16-25-14-15-34(48)44-25)42-18-30(45-37)28-12-6-10-26(35(28)39)27-11-7-13-29(36(27)40)31-19-43-33(38(46-31)50-2)22-47-20-24(21-47)23-8-4-3-5-9-23/h3-13,18-19,24-25,41H,14-17,20-22H2,1-2H3,(H,44,48). The van der Waals surface area contributed by atoms with E-state index in [4.69, 9.17) is 47.6 Å². The molecule has 1 amide bonds. The number of nitrogens with zero attached hydrogens (tertiary/aromatic N) is 5. The number of carbonyl (C=O) groups is 1. The van der Waals surface area contributed by atoms with E-state index in [0.29, 0.717) is 82.0 Å². The fourth-order valence-corrected chi connectivity index (χ4v) is 7.18. The smallest absolute Gasteiger partial charge is 0.237 e. The van der Waals surface area contributed by atoms with Gasteiger partial charge in [0.1, 0.15) is 11.4 Å². The molecule has 1 atom stereocenters. The Morgan fingerprint density at radius 3 is 1.96 bits per heavy atom. The van der Waals surface area contributed by atoms with Crippen LogP contribution in [0.1, 0.15) is 35.7 Å². The lowest BCUT2D eigenvalue weighted by Crippen LogP contribution is -2.44. The highest BCUT2D eigenvalue weighted by atomic mass is 35.5. The number of halogens is 2. The number of aromatic nitrogens is 4. The van der Waals surface area contributed by atoms with Crippen LogP contribution in [-0.2, 0) is 17.9 Å². The molecule has 3 aromatic carbocycles. The fraction of sp³-hybridized carbons (Fsp3) is 0.289. The van der Waals surface area contributed by atoms with Crippen LogP contribution in [0.3, 0.4) is 0 Å². The van der Waals surface area contributed by atoms with Gasteiger partial charge in [0.15, 0.2) is 0 Å². The van der Waals surface area contributed by atoms with E-state index in [2.05, 4.69) is 44.8 Å². The molecular weight excluding hydrogens is 673 g/mol. The SMILES string of the molecule is COc1nc(-c2cccc(-c3cccc(-c4cnc(CN5CC(c6ccccc6)C5)c(OC)n4)c3Cl)c2Cl)cnc1CNCC1CCC(=O)N1. The van der Waals surface area contributed by atoms with Crippen LogP contribution >= 0.6 is 23.2 Å². The number of hydrogen-bond acceptors (Lipinski definition) is 9. The van der Waals surface area contributed by atoms with Crippen molar-refractivity contribution in [1.29, 1.82) is 0 Å². The van der Waals surface area contributed by atoms with Gasteiger partial charge in [-0.25, -0.2) is 9.97 Å². The summed E-state index contributed by atoms with van der Waals surface area (Å²) in [5.74, 6) is 1.48. The number of nitrogens with one attached hydrogen (secondary N) is 2. The Hall–Kier alpha value is -4.61. The van der Waals surface area contributed by atoms with E-state index in [1.54, 1.807) is 26.6 Å². The summed E-state index contributed by atoms with van der Waals surface area (Å²) in [5, 5.41) is 7.27. The predicted molar refractivity (Wildman–Crippen MR) is 194 cm³/mol. The van der Waals surface area contributed by atoms with E-state index in [-0.39, 0.29) is 11.9 Å². The molecule has 2 N–H and O–H groups in total. The van der Waals surface area contributed by atoms with Gasteiger partial charge in [-0.05, 0) is 12.0 Å². The van der Waals surface area contributed by atoms with E-state index in [1.807, 2.05) is 42.5 Å². The van der Waals surface area contributed by atoms with Crippen molar-refractivity contribution < 1.29 is 14.3 Å². The lowest BCUT2D eigenvalue weighted by atomic mass is 9.91. The molecule has 7 rings (SSSR count). The van der Waals surface area contributed by atoms with E-state index in [9.17, 15) is 4.79 Å². The van der Waals surface area contributed by atoms with Crippen LogP contribution < -0.4 is 20.1 Å². The third-order valence-corrected chi connectivity index (χ3v) is 10.0. The van der Waals surface area contributed by atoms with E-state index >= 15 is 0 Å². The van der Waals surface area contributed by atoms with Gasteiger partial charge in [-0.3, -0.25) is 19.7 Å². The van der Waals surface area contributed by atoms with Gasteiger partial charge in [0, 0.05) is 73.4 Å². The number of hydrogen-bond donors (Lipinski definition) is 2. The number of amides is 1. The van der Waals surface area contributed by atoms with Crippen LogP contribution in [0.4, 0.5) is 0 Å². The topological polar surface area (TPSA) is 114 Å². The average Bonchev–Trinajstić information content (AvgIpc) is 3.55. The van der Waals surface area contributed by atoms with Gasteiger partial charge in [0.25, 0.3) is 0 Å². The minimum Gasteiger partial charge on any atom is -0.480 e. The molecule has 50 heavy (non-hydrogen) atoms. The quantitative estimate of drug-likeness (QED) is 0.149. The Balaban J connectivity index is 1.09. The lowest BCUT2D eigenvalue weighted by molar-refractivity contribution is -0.119.